The molecule has 0 spiro atoms. The smallest absolute Gasteiger partial charge is 0.374 e. The summed E-state index contributed by atoms with van der Waals surface area (Å²) in [6.45, 7) is 3.60. The number of ether oxygens (including phenoxy) is 5. The highest BCUT2D eigenvalue weighted by Crippen LogP contribution is 2.31. The minimum absolute atomic E-state index is 0.510. The molecule has 1 fully saturated rings. The highest BCUT2D eigenvalue weighted by Gasteiger charge is 2.53. The molecule has 0 aromatic carbocycles. The van der Waals surface area contributed by atoms with E-state index in [2.05, 4.69) is 5.32 Å². The second-order valence-corrected chi connectivity index (χ2v) is 7.92. The summed E-state index contributed by atoms with van der Waals surface area (Å²) in [6.07, 6.45) is -7.66. The van der Waals surface area contributed by atoms with Crippen LogP contribution >= 0.6 is 0 Å². The molecule has 0 saturated carbocycles. The molecule has 2 heterocycles. The zero-order valence-corrected chi connectivity index (χ0v) is 20.7. The maximum atomic E-state index is 12.5. The number of anilines is 1. The van der Waals surface area contributed by atoms with E-state index in [-0.39, 0.29) is 0 Å². The van der Waals surface area contributed by atoms with Gasteiger partial charge < -0.3 is 29.0 Å². The summed E-state index contributed by atoms with van der Waals surface area (Å²) in [6, 6.07) is 0. The van der Waals surface area contributed by atoms with E-state index in [4.69, 9.17) is 23.7 Å². The predicted octanol–water partition coefficient (Wildman–Crippen LogP) is -1.51. The maximum Gasteiger partial charge on any atom is 0.374 e. The van der Waals surface area contributed by atoms with Crippen LogP contribution < -0.4 is 16.6 Å². The van der Waals surface area contributed by atoms with Crippen molar-refractivity contribution in [3.8, 4) is 0 Å². The standard InChI is InChI=1S/C20H26N4O13/c1-8(25)33-7-12-14(34-9(2)26)15(35-10(3)27)16(36-11(4)28)18(37-12)21-17-13(24(31)32)19(29)23(6)20(30)22(17)5/h12,14-16,18,21H,7H2,1-6H3/t12-,14-,15+,16-,18-/m0/s1. The van der Waals surface area contributed by atoms with Gasteiger partial charge in [-0.25, -0.2) is 4.79 Å². The van der Waals surface area contributed by atoms with Crippen LogP contribution in [0.15, 0.2) is 9.59 Å². The zero-order valence-electron chi connectivity index (χ0n) is 20.7. The third-order valence-electron chi connectivity index (χ3n) is 5.09. The molecule has 17 heteroatoms. The molecule has 1 saturated heterocycles. The summed E-state index contributed by atoms with van der Waals surface area (Å²) < 4.78 is 27.8. The van der Waals surface area contributed by atoms with Crippen LogP contribution in [0.4, 0.5) is 11.5 Å². The molecule has 0 radical (unpaired) electrons. The first-order chi connectivity index (χ1) is 17.1. The van der Waals surface area contributed by atoms with Gasteiger partial charge in [-0.15, -0.1) is 0 Å². The Hall–Kier alpha value is -4.28. The molecule has 0 bridgehead atoms. The lowest BCUT2D eigenvalue weighted by Gasteiger charge is -2.44. The minimum atomic E-state index is -1.64. The lowest BCUT2D eigenvalue weighted by atomic mass is 9.97. The van der Waals surface area contributed by atoms with Gasteiger partial charge in [-0.2, -0.15) is 0 Å². The van der Waals surface area contributed by atoms with Crippen molar-refractivity contribution in [2.75, 3.05) is 11.9 Å². The second kappa shape index (κ2) is 11.6. The number of nitrogens with one attached hydrogen (secondary N) is 1. The van der Waals surface area contributed by atoms with Crippen molar-refractivity contribution < 1.29 is 47.8 Å². The van der Waals surface area contributed by atoms with Gasteiger partial charge in [0.05, 0.1) is 4.92 Å². The number of carbonyl (C=O) groups is 4. The number of nitrogens with zero attached hydrogens (tertiary/aromatic N) is 3. The Kier molecular flexibility index (Phi) is 9.11. The molecule has 0 aliphatic carbocycles. The average Bonchev–Trinajstić information content (AvgIpc) is 2.77. The van der Waals surface area contributed by atoms with Crippen molar-refractivity contribution >= 4 is 35.4 Å². The molecule has 37 heavy (non-hydrogen) atoms. The van der Waals surface area contributed by atoms with Gasteiger partial charge >= 0.3 is 40.8 Å². The van der Waals surface area contributed by atoms with Crippen LogP contribution in [-0.2, 0) is 57.0 Å². The molecule has 1 aliphatic rings. The summed E-state index contributed by atoms with van der Waals surface area (Å²) in [5, 5.41) is 14.2. The normalized spacial score (nSPS) is 22.9. The van der Waals surface area contributed by atoms with Crippen LogP contribution in [-0.4, -0.2) is 75.2 Å². The number of esters is 4. The molecule has 1 aromatic rings. The lowest BCUT2D eigenvalue weighted by molar-refractivity contribution is -0.386. The molecule has 1 aromatic heterocycles. The number of nitro groups is 1. The van der Waals surface area contributed by atoms with E-state index in [0.717, 1.165) is 46.4 Å². The largest absolute Gasteiger partial charge is 0.463 e. The Morgan fingerprint density at radius 2 is 1.41 bits per heavy atom. The summed E-state index contributed by atoms with van der Waals surface area (Å²) in [5.41, 5.74) is -3.23. The van der Waals surface area contributed by atoms with Crippen molar-refractivity contribution in [2.24, 2.45) is 14.1 Å². The summed E-state index contributed by atoms with van der Waals surface area (Å²) in [4.78, 5) is 82.7. The molecule has 204 valence electrons. The van der Waals surface area contributed by atoms with Crippen LogP contribution in [0, 0.1) is 10.1 Å². The fourth-order valence-electron chi connectivity index (χ4n) is 3.64. The average molecular weight is 530 g/mol. The van der Waals surface area contributed by atoms with E-state index in [0.29, 0.717) is 4.57 Å². The van der Waals surface area contributed by atoms with Gasteiger partial charge in [0.15, 0.2) is 30.4 Å². The number of hydrogen-bond donors (Lipinski definition) is 1. The van der Waals surface area contributed by atoms with E-state index in [1.807, 2.05) is 0 Å². The second-order valence-electron chi connectivity index (χ2n) is 7.92. The van der Waals surface area contributed by atoms with Crippen LogP contribution in [0.25, 0.3) is 0 Å². The summed E-state index contributed by atoms with van der Waals surface area (Å²) >= 11 is 0. The van der Waals surface area contributed by atoms with Gasteiger partial charge in [0, 0.05) is 41.8 Å². The van der Waals surface area contributed by atoms with Crippen LogP contribution in [0.1, 0.15) is 27.7 Å². The van der Waals surface area contributed by atoms with Crippen molar-refractivity contribution in [1.82, 2.24) is 9.13 Å². The van der Waals surface area contributed by atoms with E-state index in [9.17, 15) is 38.9 Å². The molecule has 1 aliphatic heterocycles. The fourth-order valence-corrected chi connectivity index (χ4v) is 3.64. The summed E-state index contributed by atoms with van der Waals surface area (Å²) in [5.74, 6) is -4.02. The van der Waals surface area contributed by atoms with Crippen molar-refractivity contribution in [3.05, 3.63) is 31.0 Å². The van der Waals surface area contributed by atoms with Gasteiger partial charge in [0.1, 0.15) is 12.7 Å². The fraction of sp³-hybridized carbons (Fsp3) is 0.600. The minimum Gasteiger partial charge on any atom is -0.463 e. The monoisotopic (exact) mass is 530 g/mol. The van der Waals surface area contributed by atoms with Gasteiger partial charge in [-0.3, -0.25) is 43.2 Å². The maximum absolute atomic E-state index is 12.5. The van der Waals surface area contributed by atoms with Gasteiger partial charge in [-0.1, -0.05) is 0 Å². The van der Waals surface area contributed by atoms with Crippen molar-refractivity contribution in [2.45, 2.75) is 58.3 Å². The molecule has 1 N–H and O–H groups in total. The molecule has 2 rings (SSSR count). The molecular weight excluding hydrogens is 504 g/mol. The summed E-state index contributed by atoms with van der Waals surface area (Å²) in [7, 11) is 2.16. The first-order valence-electron chi connectivity index (χ1n) is 10.7. The van der Waals surface area contributed by atoms with Gasteiger partial charge in [0.25, 0.3) is 0 Å². The number of aromatic nitrogens is 2. The number of carbonyl (C=O) groups excluding carboxylic acids is 4. The van der Waals surface area contributed by atoms with Crippen LogP contribution in [0.2, 0.25) is 0 Å². The van der Waals surface area contributed by atoms with E-state index in [1.54, 1.807) is 0 Å². The van der Waals surface area contributed by atoms with Crippen molar-refractivity contribution in [1.29, 1.82) is 0 Å². The zero-order chi connectivity index (χ0) is 28.2. The molecule has 0 unspecified atom stereocenters. The lowest BCUT2D eigenvalue weighted by Crippen LogP contribution is -2.64. The molecule has 0 amide bonds. The van der Waals surface area contributed by atoms with Gasteiger partial charge in [0.2, 0.25) is 0 Å². The van der Waals surface area contributed by atoms with Crippen LogP contribution in [0.3, 0.4) is 0 Å². The highest BCUT2D eigenvalue weighted by atomic mass is 16.7. The molecule has 5 atom stereocenters. The Morgan fingerprint density at radius 1 is 0.892 bits per heavy atom. The van der Waals surface area contributed by atoms with E-state index < -0.39 is 88.8 Å². The number of rotatable bonds is 8. The molecular formula is C20H26N4O13. The first kappa shape index (κ1) is 29.0. The topological polar surface area (TPSA) is 214 Å². The third-order valence-corrected chi connectivity index (χ3v) is 5.09. The van der Waals surface area contributed by atoms with E-state index >= 15 is 0 Å². The third kappa shape index (κ3) is 6.69. The Morgan fingerprint density at radius 3 is 1.89 bits per heavy atom. The van der Waals surface area contributed by atoms with Crippen molar-refractivity contribution in [3.63, 3.8) is 0 Å². The highest BCUT2D eigenvalue weighted by molar-refractivity contribution is 5.69. The van der Waals surface area contributed by atoms with E-state index in [1.165, 1.54) is 0 Å². The van der Waals surface area contributed by atoms with Crippen LogP contribution in [0.5, 0.6) is 0 Å². The Bertz CT molecular complexity index is 1220. The SMILES string of the molecule is CC(=O)OC[C@@H]1O[C@H](Nc2c([N+](=O)[O-])c(=O)n(C)c(=O)n2C)[C@@H](OC(C)=O)[C@H](OC(C)=O)[C@H]1OC(C)=O. The predicted molar refractivity (Wildman–Crippen MR) is 119 cm³/mol. The number of hydrogen-bond acceptors (Lipinski definition) is 14. The first-order valence-corrected chi connectivity index (χ1v) is 10.7. The quantitative estimate of drug-likeness (QED) is 0.175. The Balaban J connectivity index is 2.71. The molecule has 17 nitrogen and oxygen atoms in total. The Labute approximate surface area is 208 Å². The van der Waals surface area contributed by atoms with Gasteiger partial charge in [-0.05, 0) is 0 Å².